The van der Waals surface area contributed by atoms with Gasteiger partial charge in [-0.15, -0.1) is 0 Å². The minimum Gasteiger partial charge on any atom is -0.325 e. The van der Waals surface area contributed by atoms with Crippen LogP contribution in [0, 0.1) is 23.6 Å². The third kappa shape index (κ3) is 3.43. The van der Waals surface area contributed by atoms with Crippen LogP contribution in [0.25, 0.3) is 0 Å². The molecule has 2 bridgehead atoms. The van der Waals surface area contributed by atoms with E-state index in [-0.39, 0.29) is 11.7 Å². The van der Waals surface area contributed by atoms with Gasteiger partial charge in [-0.3, -0.25) is 4.79 Å². The summed E-state index contributed by atoms with van der Waals surface area (Å²) in [6, 6.07) is 6.24. The third-order valence-electron chi connectivity index (χ3n) is 5.15. The highest BCUT2D eigenvalue weighted by atomic mass is 19.1. The van der Waals surface area contributed by atoms with Crippen molar-refractivity contribution in [2.24, 2.45) is 17.8 Å². The number of hydrogen-bond donors (Lipinski definition) is 2. The lowest BCUT2D eigenvalue weighted by molar-refractivity contribution is -0.115. The van der Waals surface area contributed by atoms with Crippen molar-refractivity contribution in [2.45, 2.75) is 38.6 Å². The van der Waals surface area contributed by atoms with E-state index in [9.17, 15) is 9.18 Å². The quantitative estimate of drug-likeness (QED) is 0.874. The number of nitrogens with one attached hydrogen (secondary N) is 2. The van der Waals surface area contributed by atoms with Gasteiger partial charge < -0.3 is 10.6 Å². The first-order valence-corrected chi connectivity index (χ1v) is 7.90. The van der Waals surface area contributed by atoms with Gasteiger partial charge in [0.1, 0.15) is 5.82 Å². The molecule has 2 aliphatic carbocycles. The molecule has 2 aliphatic rings. The van der Waals surface area contributed by atoms with E-state index < -0.39 is 0 Å². The van der Waals surface area contributed by atoms with Gasteiger partial charge in [-0.1, -0.05) is 6.42 Å². The molecule has 21 heavy (non-hydrogen) atoms. The molecule has 2 saturated carbocycles. The van der Waals surface area contributed by atoms with Crippen LogP contribution in [-0.4, -0.2) is 18.5 Å². The van der Waals surface area contributed by atoms with Gasteiger partial charge in [-0.05, 0) is 68.2 Å². The van der Waals surface area contributed by atoms with Crippen LogP contribution in [0.1, 0.15) is 32.6 Å². The highest BCUT2D eigenvalue weighted by molar-refractivity contribution is 5.92. The summed E-state index contributed by atoms with van der Waals surface area (Å²) in [7, 11) is 0. The number of carbonyl (C=O) groups is 1. The van der Waals surface area contributed by atoms with E-state index in [4.69, 9.17) is 0 Å². The summed E-state index contributed by atoms with van der Waals surface area (Å²) in [5.41, 5.74) is 0.635. The summed E-state index contributed by atoms with van der Waals surface area (Å²) >= 11 is 0. The number of benzene rings is 1. The molecule has 2 fully saturated rings. The maximum absolute atomic E-state index is 12.8. The first-order valence-electron chi connectivity index (χ1n) is 7.90. The van der Waals surface area contributed by atoms with Crippen molar-refractivity contribution in [1.29, 1.82) is 0 Å². The van der Waals surface area contributed by atoms with Crippen LogP contribution in [-0.2, 0) is 4.79 Å². The lowest BCUT2D eigenvalue weighted by Crippen LogP contribution is -2.40. The summed E-state index contributed by atoms with van der Waals surface area (Å²) in [5.74, 6) is 2.14. The Balaban J connectivity index is 1.44. The Labute approximate surface area is 125 Å². The summed E-state index contributed by atoms with van der Waals surface area (Å²) in [6.07, 6.45) is 5.47. The molecule has 1 aromatic rings. The molecular weight excluding hydrogens is 267 g/mol. The van der Waals surface area contributed by atoms with Crippen molar-refractivity contribution in [2.75, 3.05) is 11.9 Å². The van der Waals surface area contributed by atoms with Gasteiger partial charge in [0, 0.05) is 11.7 Å². The Bertz CT molecular complexity index is 502. The average Bonchev–Trinajstić information content (AvgIpc) is 3.10. The summed E-state index contributed by atoms with van der Waals surface area (Å²) < 4.78 is 12.8. The minimum atomic E-state index is -0.295. The molecule has 0 saturated heterocycles. The highest BCUT2D eigenvalue weighted by Gasteiger charge is 2.41. The lowest BCUT2D eigenvalue weighted by Gasteiger charge is -2.28. The van der Waals surface area contributed by atoms with Crippen LogP contribution in [0.4, 0.5) is 10.1 Å². The molecule has 2 N–H and O–H groups in total. The molecule has 0 radical (unpaired) electrons. The van der Waals surface area contributed by atoms with Crippen molar-refractivity contribution < 1.29 is 9.18 Å². The molecule has 3 nitrogen and oxygen atoms in total. The summed E-state index contributed by atoms with van der Waals surface area (Å²) in [4.78, 5) is 11.9. The van der Waals surface area contributed by atoms with Crippen LogP contribution < -0.4 is 10.6 Å². The number of fused-ring (bicyclic) bond motifs is 2. The molecule has 4 atom stereocenters. The standard InChI is InChI=1S/C17H23FN2O/c1-11(16-9-12-2-3-13(16)8-12)19-10-17(21)20-15-6-4-14(18)5-7-15/h4-7,11-13,16,19H,2-3,8-10H2,1H3,(H,20,21). The van der Waals surface area contributed by atoms with Crippen molar-refractivity contribution in [1.82, 2.24) is 5.32 Å². The average molecular weight is 290 g/mol. The number of halogens is 1. The largest absolute Gasteiger partial charge is 0.325 e. The molecule has 0 heterocycles. The Morgan fingerprint density at radius 1 is 1.29 bits per heavy atom. The van der Waals surface area contributed by atoms with Gasteiger partial charge in [0.15, 0.2) is 0 Å². The van der Waals surface area contributed by atoms with Gasteiger partial charge in [0.25, 0.3) is 0 Å². The van der Waals surface area contributed by atoms with Gasteiger partial charge in [-0.2, -0.15) is 0 Å². The number of anilines is 1. The molecule has 0 spiro atoms. The molecule has 0 aromatic heterocycles. The second kappa shape index (κ2) is 6.14. The summed E-state index contributed by atoms with van der Waals surface area (Å²) in [5, 5.41) is 6.14. The molecule has 4 unspecified atom stereocenters. The fourth-order valence-corrected chi connectivity index (χ4v) is 4.05. The lowest BCUT2D eigenvalue weighted by atomic mass is 9.84. The van der Waals surface area contributed by atoms with E-state index in [1.54, 1.807) is 12.1 Å². The van der Waals surface area contributed by atoms with E-state index in [0.29, 0.717) is 18.3 Å². The first kappa shape index (κ1) is 14.5. The maximum Gasteiger partial charge on any atom is 0.238 e. The fraction of sp³-hybridized carbons (Fsp3) is 0.588. The SMILES string of the molecule is CC(NCC(=O)Nc1ccc(F)cc1)C1CC2CCC1C2. The topological polar surface area (TPSA) is 41.1 Å². The Hall–Kier alpha value is -1.42. The molecule has 0 aliphatic heterocycles. The van der Waals surface area contributed by atoms with Gasteiger partial charge >= 0.3 is 0 Å². The van der Waals surface area contributed by atoms with Gasteiger partial charge in [0.2, 0.25) is 5.91 Å². The van der Waals surface area contributed by atoms with E-state index in [1.807, 2.05) is 0 Å². The summed E-state index contributed by atoms with van der Waals surface area (Å²) in [6.45, 7) is 2.50. The number of hydrogen-bond acceptors (Lipinski definition) is 2. The van der Waals surface area contributed by atoms with Gasteiger partial charge in [-0.25, -0.2) is 4.39 Å². The van der Waals surface area contributed by atoms with Crippen molar-refractivity contribution in [3.63, 3.8) is 0 Å². The smallest absolute Gasteiger partial charge is 0.238 e. The van der Waals surface area contributed by atoms with Crippen LogP contribution >= 0.6 is 0 Å². The molecule has 1 aromatic carbocycles. The predicted octanol–water partition coefficient (Wildman–Crippen LogP) is 3.18. The van der Waals surface area contributed by atoms with Crippen molar-refractivity contribution >= 4 is 11.6 Å². The maximum atomic E-state index is 12.8. The molecule has 4 heteroatoms. The number of rotatable bonds is 5. The first-order chi connectivity index (χ1) is 10.1. The fourth-order valence-electron chi connectivity index (χ4n) is 4.05. The number of carbonyl (C=O) groups excluding carboxylic acids is 1. The zero-order valence-corrected chi connectivity index (χ0v) is 12.4. The zero-order chi connectivity index (χ0) is 14.8. The Morgan fingerprint density at radius 2 is 2.05 bits per heavy atom. The molecule has 1 amide bonds. The van der Waals surface area contributed by atoms with Crippen molar-refractivity contribution in [3.8, 4) is 0 Å². The van der Waals surface area contributed by atoms with E-state index in [2.05, 4.69) is 17.6 Å². The van der Waals surface area contributed by atoms with Crippen molar-refractivity contribution in [3.05, 3.63) is 30.1 Å². The normalized spacial score (nSPS) is 28.6. The van der Waals surface area contributed by atoms with Crippen LogP contribution in [0.3, 0.4) is 0 Å². The highest BCUT2D eigenvalue weighted by Crippen LogP contribution is 2.49. The Kier molecular flexibility index (Phi) is 4.24. The second-order valence-electron chi connectivity index (χ2n) is 6.56. The van der Waals surface area contributed by atoms with Crippen LogP contribution in [0.5, 0.6) is 0 Å². The third-order valence-corrected chi connectivity index (χ3v) is 5.15. The number of amides is 1. The van der Waals surface area contributed by atoms with Crippen LogP contribution in [0.2, 0.25) is 0 Å². The van der Waals surface area contributed by atoms with E-state index in [0.717, 1.165) is 17.8 Å². The second-order valence-corrected chi connectivity index (χ2v) is 6.56. The van der Waals surface area contributed by atoms with E-state index >= 15 is 0 Å². The molecular formula is C17H23FN2O. The van der Waals surface area contributed by atoms with Gasteiger partial charge in [0.05, 0.1) is 6.54 Å². The zero-order valence-electron chi connectivity index (χ0n) is 12.4. The van der Waals surface area contributed by atoms with E-state index in [1.165, 1.54) is 37.8 Å². The minimum absolute atomic E-state index is 0.0726. The molecule has 114 valence electrons. The Morgan fingerprint density at radius 3 is 2.67 bits per heavy atom. The van der Waals surface area contributed by atoms with Crippen LogP contribution in [0.15, 0.2) is 24.3 Å². The predicted molar refractivity (Wildman–Crippen MR) is 81.4 cm³/mol. The molecule has 3 rings (SSSR count). The monoisotopic (exact) mass is 290 g/mol.